The minimum absolute atomic E-state index is 0.0884. The summed E-state index contributed by atoms with van der Waals surface area (Å²) in [6.45, 7) is 2.53. The van der Waals surface area contributed by atoms with E-state index in [9.17, 15) is 43.5 Å². The van der Waals surface area contributed by atoms with Gasteiger partial charge in [-0.2, -0.15) is 0 Å². The predicted molar refractivity (Wildman–Crippen MR) is 454 cm³/mol. The van der Waals surface area contributed by atoms with Crippen molar-refractivity contribution in [1.29, 1.82) is 0 Å². The number of phosphoric acid groups is 2. The van der Waals surface area contributed by atoms with E-state index in [1.165, 1.54) is 141 Å². The summed E-state index contributed by atoms with van der Waals surface area (Å²) in [4.78, 5) is 58.8. The number of rotatable bonds is 82. The average Bonchev–Trinajstić information content (AvgIpc) is 0.903. The molecule has 0 fully saturated rings. The zero-order chi connectivity index (χ0) is 79.4. The van der Waals surface area contributed by atoms with Crippen LogP contribution >= 0.6 is 15.6 Å². The first kappa shape index (κ1) is 105. The number of carbonyl (C=O) groups excluding carboxylic acids is 3. The third kappa shape index (κ3) is 84.4. The highest BCUT2D eigenvalue weighted by molar-refractivity contribution is 7.47. The molecule has 0 bridgehead atoms. The number of allylic oxidation sites excluding steroid dienone is 22. The minimum Gasteiger partial charge on any atom is -0.463 e. The van der Waals surface area contributed by atoms with E-state index in [0.717, 1.165) is 167 Å². The van der Waals surface area contributed by atoms with E-state index >= 15 is 0 Å². The summed E-state index contributed by atoms with van der Waals surface area (Å²) in [5.41, 5.74) is 0. The van der Waals surface area contributed by atoms with Gasteiger partial charge in [-0.15, -0.1) is 0 Å². The van der Waals surface area contributed by atoms with Crippen molar-refractivity contribution >= 4 is 33.6 Å². The maximum atomic E-state index is 13.0. The number of unbranched alkanes of at least 4 members (excludes halogenated alkanes) is 37. The quantitative estimate of drug-likeness (QED) is 0.0146. The van der Waals surface area contributed by atoms with Gasteiger partial charge in [-0.05, 0) is 141 Å². The molecule has 0 aliphatic carbocycles. The van der Waals surface area contributed by atoms with E-state index in [0.29, 0.717) is 19.3 Å². The molecule has 0 aromatic carbocycles. The van der Waals surface area contributed by atoms with Crippen LogP contribution in [0, 0.1) is 0 Å². The van der Waals surface area contributed by atoms with Gasteiger partial charge >= 0.3 is 33.6 Å². The highest BCUT2D eigenvalue weighted by Gasteiger charge is 2.29. The second kappa shape index (κ2) is 83.1. The fourth-order valence-electron chi connectivity index (χ4n) is 11.7. The van der Waals surface area contributed by atoms with Gasteiger partial charge < -0.3 is 34.2 Å². The van der Waals surface area contributed by atoms with E-state index in [-0.39, 0.29) is 19.3 Å². The Labute approximate surface area is 665 Å². The highest BCUT2D eigenvalue weighted by atomic mass is 31.2. The molecule has 16 nitrogen and oxygen atoms in total. The number of carbonyl (C=O) groups is 3. The van der Waals surface area contributed by atoms with Gasteiger partial charge in [-0.25, -0.2) is 9.13 Å². The molecule has 0 spiro atoms. The molecular formula is C91H158O16P2. The first-order valence-corrected chi connectivity index (χ1v) is 46.5. The lowest BCUT2D eigenvalue weighted by Crippen LogP contribution is -2.30. The van der Waals surface area contributed by atoms with Crippen molar-refractivity contribution in [2.45, 2.75) is 386 Å². The van der Waals surface area contributed by atoms with Crippen LogP contribution in [0.3, 0.4) is 0 Å². The van der Waals surface area contributed by atoms with Gasteiger partial charge in [0.1, 0.15) is 25.4 Å². The van der Waals surface area contributed by atoms with Crippen molar-refractivity contribution in [3.05, 3.63) is 134 Å². The third-order valence-electron chi connectivity index (χ3n) is 18.3. The molecule has 0 aromatic rings. The number of phosphoric ester groups is 2. The molecule has 18 heteroatoms. The zero-order valence-corrected chi connectivity index (χ0v) is 70.7. The summed E-state index contributed by atoms with van der Waals surface area (Å²) < 4.78 is 61.3. The van der Waals surface area contributed by atoms with Crippen molar-refractivity contribution in [3.8, 4) is 0 Å². The minimum atomic E-state index is -4.94. The van der Waals surface area contributed by atoms with E-state index in [4.69, 9.17) is 32.3 Å². The summed E-state index contributed by atoms with van der Waals surface area (Å²) in [5, 5.41) is 20.7. The van der Waals surface area contributed by atoms with Crippen molar-refractivity contribution in [3.63, 3.8) is 0 Å². The number of hydrogen-bond acceptors (Lipinski definition) is 14. The van der Waals surface area contributed by atoms with Gasteiger partial charge in [0, 0.05) is 19.3 Å². The second-order valence-electron chi connectivity index (χ2n) is 29.0. The average molecular weight is 1570 g/mol. The first-order valence-electron chi connectivity index (χ1n) is 43.5. The predicted octanol–water partition coefficient (Wildman–Crippen LogP) is 26.2. The molecule has 0 radical (unpaired) electrons. The van der Waals surface area contributed by atoms with Gasteiger partial charge in [-0.1, -0.05) is 341 Å². The van der Waals surface area contributed by atoms with E-state index in [1.54, 1.807) is 0 Å². The molecule has 0 amide bonds. The molecule has 5 atom stereocenters. The molecule has 0 aliphatic heterocycles. The second-order valence-corrected chi connectivity index (χ2v) is 31.9. The van der Waals surface area contributed by atoms with Gasteiger partial charge in [0.25, 0.3) is 0 Å². The van der Waals surface area contributed by atoms with Gasteiger partial charge in [0.05, 0.1) is 26.4 Å². The van der Waals surface area contributed by atoms with Crippen LogP contribution in [-0.2, 0) is 55.8 Å². The molecule has 0 aromatic heterocycles. The number of hydrogen-bond donors (Lipinski definition) is 4. The molecular weight excluding hydrogens is 1410 g/mol. The van der Waals surface area contributed by atoms with Crippen LogP contribution in [0.2, 0.25) is 0 Å². The largest absolute Gasteiger partial charge is 0.472 e. The van der Waals surface area contributed by atoms with Crippen molar-refractivity contribution in [2.24, 2.45) is 0 Å². The standard InChI is InChI=1S/C91H158O16P2/c1-4-7-10-13-16-19-22-25-28-31-33-35-37-38-39-40-41-42-43-44-45-46-48-50-51-54-56-59-62-65-68-71-74-77-89(94)101-80-86(92)81-103-108(97,98)104-82-87(93)83-105-109(99,100)106-85-88(107-91(96)79-76-73-70-67-64-61-58-53-30-27-24-21-18-15-12-9-6-3)84-102-90(95)78-75-72-69-66-63-60-57-55-52-49-47-36-34-32-29-26-23-20-17-14-11-8-5-2/h9,12,16-21,25-30,33-36,38-39,49,52,86-88,92-93H,4-8,10-11,13-15,22-24,31-32,37,40-48,50-51,53-85H2,1-3H3,(H,97,98)(H,99,100)/b12-9-,19-16-,20-17-,21-18-,28-25-,29-26-,30-27-,35-33-,36-34-,39-38-,52-49-. The summed E-state index contributed by atoms with van der Waals surface area (Å²) >= 11 is 0. The van der Waals surface area contributed by atoms with Gasteiger partial charge in [0.2, 0.25) is 0 Å². The molecule has 0 aliphatic rings. The fraction of sp³-hybridized carbons (Fsp3) is 0.725. The van der Waals surface area contributed by atoms with Gasteiger partial charge in [0.15, 0.2) is 6.10 Å². The highest BCUT2D eigenvalue weighted by Crippen LogP contribution is 2.45. The van der Waals surface area contributed by atoms with Crippen LogP contribution in [-0.4, -0.2) is 95.9 Å². The summed E-state index contributed by atoms with van der Waals surface area (Å²) in [6, 6.07) is 0. The molecule has 4 N–H and O–H groups in total. The molecule has 0 saturated heterocycles. The van der Waals surface area contributed by atoms with Crippen LogP contribution in [0.25, 0.3) is 0 Å². The molecule has 0 rings (SSSR count). The molecule has 0 saturated carbocycles. The van der Waals surface area contributed by atoms with Crippen molar-refractivity contribution in [1.82, 2.24) is 0 Å². The molecule has 628 valence electrons. The summed E-state index contributed by atoms with van der Waals surface area (Å²) in [6.07, 6.45) is 102. The summed E-state index contributed by atoms with van der Waals surface area (Å²) in [5.74, 6) is -1.59. The Morgan fingerprint density at radius 1 is 0.266 bits per heavy atom. The van der Waals surface area contributed by atoms with Crippen LogP contribution < -0.4 is 0 Å². The smallest absolute Gasteiger partial charge is 0.463 e. The lowest BCUT2D eigenvalue weighted by Gasteiger charge is -2.21. The Kier molecular flexibility index (Phi) is 79.8. The Morgan fingerprint density at radius 3 is 0.771 bits per heavy atom. The van der Waals surface area contributed by atoms with Crippen molar-refractivity contribution in [2.75, 3.05) is 39.6 Å². The van der Waals surface area contributed by atoms with E-state index < -0.39 is 91.5 Å². The number of aliphatic hydroxyl groups excluding tert-OH is 2. The molecule has 0 heterocycles. The van der Waals surface area contributed by atoms with Crippen molar-refractivity contribution < 1.29 is 75.8 Å². The van der Waals surface area contributed by atoms with E-state index in [1.807, 2.05) is 0 Å². The first-order chi connectivity index (χ1) is 53.2. The fourth-order valence-corrected chi connectivity index (χ4v) is 13.3. The van der Waals surface area contributed by atoms with Crippen LogP contribution in [0.5, 0.6) is 0 Å². The monoisotopic (exact) mass is 1570 g/mol. The Balaban J connectivity index is 4.50. The lowest BCUT2D eigenvalue weighted by molar-refractivity contribution is -0.161. The molecule has 5 unspecified atom stereocenters. The normalized spacial score (nSPS) is 14.5. The number of ether oxygens (including phenoxy) is 3. The topological polar surface area (TPSA) is 231 Å². The lowest BCUT2D eigenvalue weighted by atomic mass is 10.0. The Hall–Kier alpha value is -4.31. The maximum Gasteiger partial charge on any atom is 0.472 e. The Bertz CT molecular complexity index is 2510. The van der Waals surface area contributed by atoms with E-state index in [2.05, 4.69) is 154 Å². The van der Waals surface area contributed by atoms with Crippen LogP contribution in [0.1, 0.15) is 367 Å². The number of esters is 3. The maximum absolute atomic E-state index is 13.0. The number of aliphatic hydroxyl groups is 2. The van der Waals surface area contributed by atoms with Crippen LogP contribution in [0.15, 0.2) is 134 Å². The van der Waals surface area contributed by atoms with Crippen LogP contribution in [0.4, 0.5) is 0 Å². The molecule has 109 heavy (non-hydrogen) atoms. The van der Waals surface area contributed by atoms with Gasteiger partial charge in [-0.3, -0.25) is 32.5 Å². The third-order valence-corrected chi connectivity index (χ3v) is 20.2. The zero-order valence-electron chi connectivity index (χ0n) is 68.9. The Morgan fingerprint density at radius 2 is 0.486 bits per heavy atom. The summed E-state index contributed by atoms with van der Waals surface area (Å²) in [7, 11) is -9.80. The SMILES string of the molecule is CC/C=C\C/C=C\C/C=C\CCCCCCCCCC(=O)OC(COC(=O)CCCCCCCCC/C=C\C/C=C\C/C=C\C/C=C\CCCCC)COP(=O)(O)OCC(O)COP(=O)(O)OCC(O)COC(=O)CCCCCCCCCCCCCCCCCCC/C=C\C/C=C\C/C=C\C/C=C\CCCCC.